The SMILES string of the molecule is CC1=C(c2ccncc2)C(=O)N2C(=C(N3CCCCCC3)C(c3ccccc3)N2C)N1. The Labute approximate surface area is 183 Å². The number of carbonyl (C=O) groups is 1. The van der Waals surface area contributed by atoms with Gasteiger partial charge in [0.25, 0.3) is 5.91 Å². The average molecular weight is 416 g/mol. The molecule has 5 rings (SSSR count). The number of rotatable bonds is 3. The van der Waals surface area contributed by atoms with E-state index < -0.39 is 0 Å². The van der Waals surface area contributed by atoms with Crippen molar-refractivity contribution in [3.05, 3.63) is 83.2 Å². The summed E-state index contributed by atoms with van der Waals surface area (Å²) in [7, 11) is 2.02. The molecular weight excluding hydrogens is 386 g/mol. The van der Waals surface area contributed by atoms with Gasteiger partial charge in [0.05, 0.1) is 17.3 Å². The van der Waals surface area contributed by atoms with Crippen LogP contribution < -0.4 is 5.32 Å². The summed E-state index contributed by atoms with van der Waals surface area (Å²) < 4.78 is 0. The summed E-state index contributed by atoms with van der Waals surface area (Å²) in [5.41, 5.74) is 4.87. The number of hydrogen-bond acceptors (Lipinski definition) is 5. The third kappa shape index (κ3) is 3.41. The number of benzene rings is 1. The third-order valence-electron chi connectivity index (χ3n) is 6.52. The summed E-state index contributed by atoms with van der Waals surface area (Å²) in [4.78, 5) is 20.4. The maximum absolute atomic E-state index is 13.8. The first kappa shape index (κ1) is 19.8. The Kier molecular flexibility index (Phi) is 5.24. The summed E-state index contributed by atoms with van der Waals surface area (Å²) in [6.07, 6.45) is 8.38. The molecule has 1 aromatic heterocycles. The summed E-state index contributed by atoms with van der Waals surface area (Å²) in [5, 5.41) is 7.54. The van der Waals surface area contributed by atoms with Crippen LogP contribution in [-0.4, -0.2) is 45.9 Å². The predicted octanol–water partition coefficient (Wildman–Crippen LogP) is 3.89. The number of hydrazine groups is 1. The lowest BCUT2D eigenvalue weighted by molar-refractivity contribution is -0.136. The Bertz CT molecular complexity index is 1020. The van der Waals surface area contributed by atoms with Gasteiger partial charge in [-0.25, -0.2) is 10.0 Å². The van der Waals surface area contributed by atoms with Crippen molar-refractivity contribution in [2.75, 3.05) is 20.1 Å². The van der Waals surface area contributed by atoms with Crippen LogP contribution in [0.25, 0.3) is 5.57 Å². The van der Waals surface area contributed by atoms with E-state index >= 15 is 0 Å². The van der Waals surface area contributed by atoms with E-state index in [-0.39, 0.29) is 11.9 Å². The second-order valence-corrected chi connectivity index (χ2v) is 8.50. The highest BCUT2D eigenvalue weighted by atomic mass is 16.2. The van der Waals surface area contributed by atoms with E-state index in [2.05, 4.69) is 44.5 Å². The molecule has 3 aliphatic rings. The van der Waals surface area contributed by atoms with Crippen molar-refractivity contribution < 1.29 is 4.79 Å². The van der Waals surface area contributed by atoms with Crippen molar-refractivity contribution in [2.24, 2.45) is 0 Å². The van der Waals surface area contributed by atoms with Gasteiger partial charge in [0.2, 0.25) is 0 Å². The Morgan fingerprint density at radius 3 is 2.32 bits per heavy atom. The molecule has 1 unspecified atom stereocenters. The summed E-state index contributed by atoms with van der Waals surface area (Å²) in [5.74, 6) is 0.907. The Morgan fingerprint density at radius 2 is 1.65 bits per heavy atom. The standard InChI is InChI=1S/C25H29N5O/c1-18-21(19-12-14-26-15-13-19)25(31)30-24(27-18)23(29-16-8-3-4-9-17-29)22(28(30)2)20-10-6-5-7-11-20/h5-7,10-15,22,27H,3-4,8-9,16-17H2,1-2H3. The fourth-order valence-corrected chi connectivity index (χ4v) is 5.06. The molecule has 6 heteroatoms. The number of amides is 1. The van der Waals surface area contributed by atoms with Crippen LogP contribution in [0.3, 0.4) is 0 Å². The molecule has 31 heavy (non-hydrogen) atoms. The van der Waals surface area contributed by atoms with Crippen LogP contribution in [0.4, 0.5) is 0 Å². The molecule has 1 aromatic carbocycles. The van der Waals surface area contributed by atoms with Crippen LogP contribution >= 0.6 is 0 Å². The minimum Gasteiger partial charge on any atom is -0.370 e. The minimum atomic E-state index is -0.00431. The van der Waals surface area contributed by atoms with E-state index in [9.17, 15) is 4.79 Å². The van der Waals surface area contributed by atoms with Crippen LogP contribution in [0.15, 0.2) is 72.1 Å². The summed E-state index contributed by atoms with van der Waals surface area (Å²) >= 11 is 0. The molecule has 4 heterocycles. The molecule has 0 spiro atoms. The lowest BCUT2D eigenvalue weighted by Gasteiger charge is -2.35. The molecule has 0 bridgehead atoms. The fourth-order valence-electron chi connectivity index (χ4n) is 5.06. The number of carbonyl (C=O) groups excluding carboxylic acids is 1. The number of nitrogens with zero attached hydrogens (tertiary/aromatic N) is 4. The number of likely N-dealkylation sites (N-methyl/N-ethyl adjacent to an activating group) is 1. The van der Waals surface area contributed by atoms with E-state index in [0.29, 0.717) is 5.57 Å². The highest BCUT2D eigenvalue weighted by Crippen LogP contribution is 2.44. The van der Waals surface area contributed by atoms with Gasteiger partial charge in [-0.05, 0) is 43.0 Å². The van der Waals surface area contributed by atoms with Crippen molar-refractivity contribution in [3.63, 3.8) is 0 Å². The smallest absolute Gasteiger partial charge is 0.276 e. The monoisotopic (exact) mass is 415 g/mol. The minimum absolute atomic E-state index is 0.00431. The van der Waals surface area contributed by atoms with Crippen molar-refractivity contribution >= 4 is 11.5 Å². The molecule has 160 valence electrons. The maximum Gasteiger partial charge on any atom is 0.276 e. The molecule has 6 nitrogen and oxygen atoms in total. The van der Waals surface area contributed by atoms with E-state index in [1.54, 1.807) is 12.4 Å². The number of nitrogens with one attached hydrogen (secondary N) is 1. The van der Waals surface area contributed by atoms with Gasteiger partial charge in [-0.15, -0.1) is 0 Å². The predicted molar refractivity (Wildman–Crippen MR) is 121 cm³/mol. The molecule has 3 aliphatic heterocycles. The topological polar surface area (TPSA) is 51.7 Å². The van der Waals surface area contributed by atoms with Crippen LogP contribution in [0.1, 0.15) is 49.8 Å². The van der Waals surface area contributed by atoms with Gasteiger partial charge >= 0.3 is 0 Å². The quantitative estimate of drug-likeness (QED) is 0.824. The molecular formula is C25H29N5O. The van der Waals surface area contributed by atoms with E-state index in [0.717, 1.165) is 30.2 Å². The number of allylic oxidation sites excluding steroid dienone is 1. The second-order valence-electron chi connectivity index (χ2n) is 8.50. The average Bonchev–Trinajstić information content (AvgIpc) is 2.94. The van der Waals surface area contributed by atoms with Crippen molar-refractivity contribution in [1.82, 2.24) is 25.2 Å². The largest absolute Gasteiger partial charge is 0.370 e. The molecule has 1 N–H and O–H groups in total. The molecule has 0 saturated carbocycles. The zero-order chi connectivity index (χ0) is 21.4. The van der Waals surface area contributed by atoms with Gasteiger partial charge in [-0.2, -0.15) is 0 Å². The fraction of sp³-hybridized carbons (Fsp3) is 0.360. The van der Waals surface area contributed by atoms with E-state index in [1.165, 1.54) is 36.9 Å². The van der Waals surface area contributed by atoms with E-state index in [1.807, 2.05) is 37.2 Å². The molecule has 2 aromatic rings. The molecule has 1 saturated heterocycles. The van der Waals surface area contributed by atoms with Crippen LogP contribution in [0.5, 0.6) is 0 Å². The van der Waals surface area contributed by atoms with Crippen LogP contribution in [0.2, 0.25) is 0 Å². The highest BCUT2D eigenvalue weighted by molar-refractivity contribution is 6.21. The van der Waals surface area contributed by atoms with Crippen molar-refractivity contribution in [1.29, 1.82) is 0 Å². The van der Waals surface area contributed by atoms with Gasteiger partial charge in [0, 0.05) is 38.2 Å². The van der Waals surface area contributed by atoms with Crippen LogP contribution in [-0.2, 0) is 4.79 Å². The normalized spacial score (nSPS) is 22.5. The lowest BCUT2D eigenvalue weighted by Crippen LogP contribution is -2.47. The molecule has 1 atom stereocenters. The van der Waals surface area contributed by atoms with Gasteiger partial charge in [-0.1, -0.05) is 43.2 Å². The lowest BCUT2D eigenvalue weighted by atomic mass is 10.0. The molecule has 0 aliphatic carbocycles. The van der Waals surface area contributed by atoms with Gasteiger partial charge in [-0.3, -0.25) is 9.78 Å². The van der Waals surface area contributed by atoms with Gasteiger partial charge < -0.3 is 10.2 Å². The Morgan fingerprint density at radius 1 is 0.968 bits per heavy atom. The van der Waals surface area contributed by atoms with Gasteiger partial charge in [0.1, 0.15) is 5.82 Å². The Hall–Kier alpha value is -3.12. The van der Waals surface area contributed by atoms with Gasteiger partial charge in [0.15, 0.2) is 0 Å². The molecule has 1 fully saturated rings. The number of likely N-dealkylation sites (tertiary alicyclic amines) is 1. The molecule has 1 amide bonds. The van der Waals surface area contributed by atoms with Crippen molar-refractivity contribution in [2.45, 2.75) is 38.6 Å². The zero-order valence-electron chi connectivity index (χ0n) is 18.2. The number of hydrogen-bond donors (Lipinski definition) is 1. The molecule has 0 radical (unpaired) electrons. The number of fused-ring (bicyclic) bond motifs is 1. The summed E-state index contributed by atoms with van der Waals surface area (Å²) in [6, 6.07) is 14.3. The highest BCUT2D eigenvalue weighted by Gasteiger charge is 2.46. The number of pyridine rings is 1. The first-order valence-corrected chi connectivity index (χ1v) is 11.2. The first-order valence-electron chi connectivity index (χ1n) is 11.2. The van der Waals surface area contributed by atoms with E-state index in [4.69, 9.17) is 0 Å². The first-order chi connectivity index (χ1) is 15.2. The van der Waals surface area contributed by atoms with Crippen molar-refractivity contribution in [3.8, 4) is 0 Å². The Balaban J connectivity index is 1.63. The maximum atomic E-state index is 13.8. The summed E-state index contributed by atoms with van der Waals surface area (Å²) in [6.45, 7) is 4.05. The third-order valence-corrected chi connectivity index (χ3v) is 6.52. The number of aromatic nitrogens is 1. The second kappa shape index (κ2) is 8.19. The zero-order valence-corrected chi connectivity index (χ0v) is 18.2. The van der Waals surface area contributed by atoms with Crippen LogP contribution in [0, 0.1) is 0 Å².